The first-order valence-corrected chi connectivity index (χ1v) is 12.0. The third-order valence-electron chi connectivity index (χ3n) is 5.91. The van der Waals surface area contributed by atoms with Crippen LogP contribution < -0.4 is 15.1 Å². The highest BCUT2D eigenvalue weighted by Gasteiger charge is 2.19. The zero-order chi connectivity index (χ0) is 24.8. The number of aliphatic hydroxyl groups is 1. The van der Waals surface area contributed by atoms with E-state index in [1.54, 1.807) is 6.08 Å². The molecule has 0 unspecified atom stereocenters. The highest BCUT2D eigenvalue weighted by Crippen LogP contribution is 2.25. The molecular formula is C28H36N4O2. The third-order valence-corrected chi connectivity index (χ3v) is 5.91. The Balaban J connectivity index is 1.80. The highest BCUT2D eigenvalue weighted by molar-refractivity contribution is 6.22. The third kappa shape index (κ3) is 5.87. The van der Waals surface area contributed by atoms with E-state index in [4.69, 9.17) is 0 Å². The van der Waals surface area contributed by atoms with Crippen molar-refractivity contribution >= 4 is 34.2 Å². The van der Waals surface area contributed by atoms with Crippen molar-refractivity contribution in [2.75, 3.05) is 28.2 Å². The fourth-order valence-corrected chi connectivity index (χ4v) is 4.19. The van der Waals surface area contributed by atoms with E-state index in [-0.39, 0.29) is 11.5 Å². The molecular weight excluding hydrogens is 424 g/mol. The van der Waals surface area contributed by atoms with E-state index in [9.17, 15) is 9.90 Å². The molecule has 0 atom stereocenters. The fourth-order valence-electron chi connectivity index (χ4n) is 4.19. The molecule has 3 rings (SSSR count). The van der Waals surface area contributed by atoms with Crippen LogP contribution in [0, 0.1) is 0 Å². The molecule has 0 fully saturated rings. The van der Waals surface area contributed by atoms with Crippen LogP contribution in [0.5, 0.6) is 0 Å². The van der Waals surface area contributed by atoms with Crippen molar-refractivity contribution in [1.29, 1.82) is 0 Å². The van der Waals surface area contributed by atoms with Gasteiger partial charge in [-0.15, -0.1) is 0 Å². The molecule has 0 amide bonds. The van der Waals surface area contributed by atoms with E-state index in [1.807, 2.05) is 48.5 Å². The SMILES string of the molecule is CCN(c1ccc(/N=C2/C=C(Nc3ccc(N(CC)C(C)C)cc3)C(=O)C=C2O)cc1)C(C)C. The van der Waals surface area contributed by atoms with Crippen LogP contribution in [0.25, 0.3) is 0 Å². The molecule has 2 N–H and O–H groups in total. The van der Waals surface area contributed by atoms with Gasteiger partial charge in [0.2, 0.25) is 5.78 Å². The number of hydrogen-bond donors (Lipinski definition) is 2. The Bertz CT molecular complexity index is 1080. The molecule has 6 heteroatoms. The Kier molecular flexibility index (Phi) is 8.16. The number of allylic oxidation sites excluding steroid dienone is 2. The van der Waals surface area contributed by atoms with E-state index in [0.717, 1.165) is 30.2 Å². The number of carbonyl (C=O) groups is 1. The van der Waals surface area contributed by atoms with Gasteiger partial charge in [0, 0.05) is 48.3 Å². The van der Waals surface area contributed by atoms with Gasteiger partial charge in [-0.05, 0) is 96.1 Å². The summed E-state index contributed by atoms with van der Waals surface area (Å²) in [6, 6.07) is 16.7. The van der Waals surface area contributed by atoms with Crippen molar-refractivity contribution in [3.63, 3.8) is 0 Å². The summed E-state index contributed by atoms with van der Waals surface area (Å²) < 4.78 is 0. The number of aliphatic imine (C=N–C) groups is 1. The van der Waals surface area contributed by atoms with E-state index in [1.165, 1.54) is 6.08 Å². The quantitative estimate of drug-likeness (QED) is 0.433. The summed E-state index contributed by atoms with van der Waals surface area (Å²) in [6.07, 6.45) is 2.80. The molecule has 34 heavy (non-hydrogen) atoms. The lowest BCUT2D eigenvalue weighted by molar-refractivity contribution is -0.111. The highest BCUT2D eigenvalue weighted by atomic mass is 16.3. The van der Waals surface area contributed by atoms with Gasteiger partial charge in [-0.3, -0.25) is 4.79 Å². The first kappa shape index (κ1) is 25.1. The number of rotatable bonds is 9. The zero-order valence-electron chi connectivity index (χ0n) is 21.0. The predicted molar refractivity (Wildman–Crippen MR) is 144 cm³/mol. The molecule has 0 spiro atoms. The minimum atomic E-state index is -0.288. The lowest BCUT2D eigenvalue weighted by Gasteiger charge is -2.27. The summed E-state index contributed by atoms with van der Waals surface area (Å²) in [5.74, 6) is -0.424. The second-order valence-corrected chi connectivity index (χ2v) is 8.90. The molecule has 0 aromatic heterocycles. The number of anilines is 3. The summed E-state index contributed by atoms with van der Waals surface area (Å²) in [6.45, 7) is 14.8. The van der Waals surface area contributed by atoms with Gasteiger partial charge in [-0.25, -0.2) is 4.99 Å². The number of benzene rings is 2. The van der Waals surface area contributed by atoms with Gasteiger partial charge in [0.05, 0.1) is 11.4 Å². The molecule has 0 heterocycles. The summed E-state index contributed by atoms with van der Waals surface area (Å²) in [5.41, 5.74) is 4.49. The number of ketones is 1. The molecule has 0 aliphatic heterocycles. The standard InChI is InChI=1S/C28H36N4O2/c1-7-31(19(3)4)23-13-9-21(10-14-23)29-25-17-26(28(34)18-27(25)33)30-22-11-15-24(16-12-22)32(8-2)20(5)6/h9-20,29,34H,7-8H2,1-6H3/b30-26-. The average Bonchev–Trinajstić information content (AvgIpc) is 2.79. The molecule has 6 nitrogen and oxygen atoms in total. The minimum absolute atomic E-state index is 0.136. The van der Waals surface area contributed by atoms with Crippen LogP contribution in [0.3, 0.4) is 0 Å². The van der Waals surface area contributed by atoms with E-state index in [0.29, 0.717) is 29.2 Å². The molecule has 0 bridgehead atoms. The Morgan fingerprint density at radius 1 is 0.824 bits per heavy atom. The van der Waals surface area contributed by atoms with Gasteiger partial charge >= 0.3 is 0 Å². The Labute approximate surface area is 203 Å². The summed E-state index contributed by atoms with van der Waals surface area (Å²) >= 11 is 0. The van der Waals surface area contributed by atoms with Crippen LogP contribution in [-0.2, 0) is 4.79 Å². The average molecular weight is 461 g/mol. The number of hydrogen-bond acceptors (Lipinski definition) is 6. The second-order valence-electron chi connectivity index (χ2n) is 8.90. The van der Waals surface area contributed by atoms with Crippen LogP contribution in [-0.4, -0.2) is 41.8 Å². The lowest BCUT2D eigenvalue weighted by Crippen LogP contribution is -2.30. The number of aliphatic hydroxyl groups excluding tert-OH is 1. The second kappa shape index (κ2) is 11.1. The maximum absolute atomic E-state index is 12.5. The largest absolute Gasteiger partial charge is 0.506 e. The van der Waals surface area contributed by atoms with Crippen molar-refractivity contribution < 1.29 is 9.90 Å². The zero-order valence-corrected chi connectivity index (χ0v) is 21.0. The van der Waals surface area contributed by atoms with Crippen LogP contribution in [0.15, 0.2) is 77.1 Å². The number of nitrogens with zero attached hydrogens (tertiary/aromatic N) is 3. The molecule has 1 aliphatic carbocycles. The Hall–Kier alpha value is -3.54. The smallest absolute Gasteiger partial charge is 0.205 e. The van der Waals surface area contributed by atoms with Crippen molar-refractivity contribution in [3.05, 3.63) is 72.1 Å². The Morgan fingerprint density at radius 2 is 1.32 bits per heavy atom. The van der Waals surface area contributed by atoms with Gasteiger partial charge in [0.25, 0.3) is 0 Å². The van der Waals surface area contributed by atoms with Crippen LogP contribution in [0.4, 0.5) is 22.7 Å². The molecule has 0 saturated heterocycles. The number of nitrogens with one attached hydrogen (secondary N) is 1. The van der Waals surface area contributed by atoms with Crippen molar-refractivity contribution in [1.82, 2.24) is 0 Å². The molecule has 1 aliphatic rings. The lowest BCUT2D eigenvalue weighted by atomic mass is 10.1. The maximum atomic E-state index is 12.5. The normalized spacial score (nSPS) is 14.9. The topological polar surface area (TPSA) is 68.2 Å². The van der Waals surface area contributed by atoms with Crippen molar-refractivity contribution in [2.45, 2.75) is 53.6 Å². The number of carbonyl (C=O) groups excluding carboxylic acids is 1. The first-order valence-electron chi connectivity index (χ1n) is 12.0. The molecule has 180 valence electrons. The minimum Gasteiger partial charge on any atom is -0.506 e. The van der Waals surface area contributed by atoms with Crippen molar-refractivity contribution in [2.24, 2.45) is 4.99 Å². The summed E-state index contributed by atoms with van der Waals surface area (Å²) in [4.78, 5) is 21.7. The van der Waals surface area contributed by atoms with E-state index < -0.39 is 0 Å². The van der Waals surface area contributed by atoms with E-state index in [2.05, 4.69) is 61.7 Å². The summed E-state index contributed by atoms with van der Waals surface area (Å²) in [7, 11) is 0. The van der Waals surface area contributed by atoms with Gasteiger partial charge < -0.3 is 20.2 Å². The van der Waals surface area contributed by atoms with Crippen LogP contribution in [0.2, 0.25) is 0 Å². The van der Waals surface area contributed by atoms with Gasteiger partial charge in [0.15, 0.2) is 0 Å². The van der Waals surface area contributed by atoms with E-state index >= 15 is 0 Å². The Morgan fingerprint density at radius 3 is 1.79 bits per heavy atom. The molecule has 2 aromatic rings. The fraction of sp³-hybridized carbons (Fsp3) is 0.357. The predicted octanol–water partition coefficient (Wildman–Crippen LogP) is 6.25. The molecule has 0 saturated carbocycles. The summed E-state index contributed by atoms with van der Waals surface area (Å²) in [5, 5.41) is 13.5. The molecule has 0 radical (unpaired) electrons. The first-order chi connectivity index (χ1) is 16.2. The maximum Gasteiger partial charge on any atom is 0.205 e. The van der Waals surface area contributed by atoms with Gasteiger partial charge in [-0.2, -0.15) is 0 Å². The van der Waals surface area contributed by atoms with Gasteiger partial charge in [-0.1, -0.05) is 0 Å². The van der Waals surface area contributed by atoms with Crippen LogP contribution >= 0.6 is 0 Å². The van der Waals surface area contributed by atoms with Gasteiger partial charge in [0.1, 0.15) is 11.5 Å². The molecule has 2 aromatic carbocycles. The van der Waals surface area contributed by atoms with Crippen LogP contribution in [0.1, 0.15) is 41.5 Å². The monoisotopic (exact) mass is 460 g/mol. The van der Waals surface area contributed by atoms with Crippen molar-refractivity contribution in [3.8, 4) is 0 Å².